The number of thioether (sulfide) groups is 1. The smallest absolute Gasteiger partial charge is 0.255 e. The van der Waals surface area contributed by atoms with E-state index >= 15 is 0 Å². The third kappa shape index (κ3) is 4.74. The van der Waals surface area contributed by atoms with Crippen LogP contribution < -0.4 is 5.32 Å². The monoisotopic (exact) mass is 416 g/mol. The summed E-state index contributed by atoms with van der Waals surface area (Å²) in [4.78, 5) is 27.8. The molecule has 1 heterocycles. The number of carbonyl (C=O) groups excluding carboxylic acids is 2. The van der Waals surface area contributed by atoms with Gasteiger partial charge in [0, 0.05) is 30.2 Å². The molecule has 1 N–H and O–H groups in total. The molecule has 5 heteroatoms. The third-order valence-electron chi connectivity index (χ3n) is 5.23. The number of amides is 2. The van der Waals surface area contributed by atoms with Gasteiger partial charge >= 0.3 is 0 Å². The van der Waals surface area contributed by atoms with Crippen molar-refractivity contribution in [3.05, 3.63) is 107 Å². The van der Waals surface area contributed by atoms with Gasteiger partial charge in [0.15, 0.2) is 0 Å². The van der Waals surface area contributed by atoms with Crippen LogP contribution in [0.5, 0.6) is 0 Å². The zero-order valence-electron chi connectivity index (χ0n) is 16.7. The number of hydrogen-bond acceptors (Lipinski definition) is 3. The molecule has 152 valence electrons. The lowest BCUT2D eigenvalue weighted by Crippen LogP contribution is -2.48. The molecule has 30 heavy (non-hydrogen) atoms. The Labute approximate surface area is 181 Å². The van der Waals surface area contributed by atoms with Gasteiger partial charge < -0.3 is 10.2 Å². The number of nitrogens with one attached hydrogen (secondary N) is 1. The van der Waals surface area contributed by atoms with Gasteiger partial charge in [-0.15, -0.1) is 0 Å². The molecule has 0 aliphatic carbocycles. The molecule has 0 radical (unpaired) electrons. The summed E-state index contributed by atoms with van der Waals surface area (Å²) >= 11 is 1.68. The number of fused-ring (bicyclic) bond motifs is 1. The molecule has 0 fully saturated rings. The van der Waals surface area contributed by atoms with Gasteiger partial charge in [-0.05, 0) is 22.8 Å². The van der Waals surface area contributed by atoms with Gasteiger partial charge in [0.25, 0.3) is 5.91 Å². The second-order valence-corrected chi connectivity index (χ2v) is 8.34. The number of hydrogen-bond donors (Lipinski definition) is 1. The lowest BCUT2D eigenvalue weighted by atomic mass is 10.1. The third-order valence-corrected chi connectivity index (χ3v) is 6.31. The van der Waals surface area contributed by atoms with Crippen molar-refractivity contribution in [2.75, 3.05) is 5.75 Å². The van der Waals surface area contributed by atoms with Gasteiger partial charge in [0.2, 0.25) is 5.91 Å². The Morgan fingerprint density at radius 1 is 0.900 bits per heavy atom. The first-order valence-corrected chi connectivity index (χ1v) is 11.2. The SMILES string of the molecule is O=C(NCc1ccccc1)[C@H](CSCc1ccccc1)N1Cc2ccccc2C1=O. The average molecular weight is 417 g/mol. The molecule has 0 saturated heterocycles. The summed E-state index contributed by atoms with van der Waals surface area (Å²) in [6, 6.07) is 27.1. The van der Waals surface area contributed by atoms with E-state index in [2.05, 4.69) is 17.4 Å². The predicted octanol–water partition coefficient (Wildman–Crippen LogP) is 4.26. The first kappa shape index (κ1) is 20.2. The quantitative estimate of drug-likeness (QED) is 0.597. The van der Waals surface area contributed by atoms with E-state index in [1.807, 2.05) is 72.8 Å². The fraction of sp³-hybridized carbons (Fsp3) is 0.200. The van der Waals surface area contributed by atoms with E-state index in [1.54, 1.807) is 16.7 Å². The average Bonchev–Trinajstić information content (AvgIpc) is 3.13. The summed E-state index contributed by atoms with van der Waals surface area (Å²) in [5.74, 6) is 1.18. The minimum absolute atomic E-state index is 0.0641. The minimum Gasteiger partial charge on any atom is -0.350 e. The fourth-order valence-corrected chi connectivity index (χ4v) is 4.70. The second kappa shape index (κ2) is 9.63. The van der Waals surface area contributed by atoms with Gasteiger partial charge in [-0.2, -0.15) is 11.8 Å². The summed E-state index contributed by atoms with van der Waals surface area (Å²) in [7, 11) is 0. The van der Waals surface area contributed by atoms with Gasteiger partial charge in [0.1, 0.15) is 6.04 Å². The van der Waals surface area contributed by atoms with Crippen molar-refractivity contribution in [1.82, 2.24) is 10.2 Å². The molecule has 0 unspecified atom stereocenters. The van der Waals surface area contributed by atoms with Gasteiger partial charge in [-0.1, -0.05) is 78.9 Å². The van der Waals surface area contributed by atoms with Crippen molar-refractivity contribution >= 4 is 23.6 Å². The Balaban J connectivity index is 1.46. The van der Waals surface area contributed by atoms with Crippen LogP contribution >= 0.6 is 11.8 Å². The van der Waals surface area contributed by atoms with Crippen LogP contribution in [0, 0.1) is 0 Å². The molecular formula is C25H24N2O2S. The van der Waals surface area contributed by atoms with Crippen LogP contribution in [0.25, 0.3) is 0 Å². The van der Waals surface area contributed by atoms with Crippen LogP contribution in [-0.4, -0.2) is 28.5 Å². The predicted molar refractivity (Wildman–Crippen MR) is 121 cm³/mol. The van der Waals surface area contributed by atoms with Crippen LogP contribution in [0.2, 0.25) is 0 Å². The lowest BCUT2D eigenvalue weighted by Gasteiger charge is -2.27. The molecule has 1 aliphatic rings. The van der Waals surface area contributed by atoms with Crippen LogP contribution in [0.3, 0.4) is 0 Å². The number of rotatable bonds is 8. The van der Waals surface area contributed by atoms with E-state index in [1.165, 1.54) is 5.56 Å². The fourth-order valence-electron chi connectivity index (χ4n) is 3.60. The van der Waals surface area contributed by atoms with Gasteiger partial charge in [-0.25, -0.2) is 0 Å². The summed E-state index contributed by atoms with van der Waals surface area (Å²) < 4.78 is 0. The van der Waals surface area contributed by atoms with E-state index < -0.39 is 6.04 Å². The number of nitrogens with zero attached hydrogens (tertiary/aromatic N) is 1. The van der Waals surface area contributed by atoms with Crippen molar-refractivity contribution in [1.29, 1.82) is 0 Å². The van der Waals surface area contributed by atoms with Crippen molar-refractivity contribution in [2.24, 2.45) is 0 Å². The highest BCUT2D eigenvalue weighted by Gasteiger charge is 2.36. The van der Waals surface area contributed by atoms with Crippen LogP contribution in [0.1, 0.15) is 27.0 Å². The van der Waals surface area contributed by atoms with Crippen molar-refractivity contribution in [3.63, 3.8) is 0 Å². The van der Waals surface area contributed by atoms with Gasteiger partial charge in [0.05, 0.1) is 0 Å². The highest BCUT2D eigenvalue weighted by atomic mass is 32.2. The molecule has 4 rings (SSSR count). The summed E-state index contributed by atoms with van der Waals surface area (Å²) in [5.41, 5.74) is 3.93. The molecule has 0 bridgehead atoms. The van der Waals surface area contributed by atoms with E-state index in [9.17, 15) is 9.59 Å². The summed E-state index contributed by atoms with van der Waals surface area (Å²) in [5, 5.41) is 3.03. The Morgan fingerprint density at radius 2 is 1.53 bits per heavy atom. The summed E-state index contributed by atoms with van der Waals surface area (Å²) in [6.07, 6.45) is 0. The standard InChI is InChI=1S/C25H24N2O2S/c28-24(26-15-19-9-3-1-4-10-19)23(18-30-17-20-11-5-2-6-12-20)27-16-21-13-7-8-14-22(21)25(27)29/h1-14,23H,15-18H2,(H,26,28)/t23-/m0/s1. The highest BCUT2D eigenvalue weighted by Crippen LogP contribution is 2.26. The largest absolute Gasteiger partial charge is 0.350 e. The maximum Gasteiger partial charge on any atom is 0.255 e. The number of carbonyl (C=O) groups is 2. The molecule has 0 spiro atoms. The van der Waals surface area contributed by atoms with Crippen LogP contribution in [-0.2, 0) is 23.6 Å². The summed E-state index contributed by atoms with van der Waals surface area (Å²) in [6.45, 7) is 0.929. The molecule has 1 atom stereocenters. The van der Waals surface area contributed by atoms with E-state index in [0.29, 0.717) is 24.4 Å². The molecule has 0 saturated carbocycles. The normalized spacial score (nSPS) is 13.7. The Morgan fingerprint density at radius 3 is 2.23 bits per heavy atom. The molecule has 3 aromatic rings. The second-order valence-electron chi connectivity index (χ2n) is 7.31. The Hall–Kier alpha value is -3.05. The van der Waals surface area contributed by atoms with E-state index in [0.717, 1.165) is 16.9 Å². The molecule has 1 aliphatic heterocycles. The first-order chi connectivity index (χ1) is 14.7. The molecule has 4 nitrogen and oxygen atoms in total. The van der Waals surface area contributed by atoms with Crippen molar-refractivity contribution < 1.29 is 9.59 Å². The lowest BCUT2D eigenvalue weighted by molar-refractivity contribution is -0.125. The van der Waals surface area contributed by atoms with Crippen LogP contribution in [0.4, 0.5) is 0 Å². The van der Waals surface area contributed by atoms with Gasteiger partial charge in [-0.3, -0.25) is 9.59 Å². The minimum atomic E-state index is -0.512. The van der Waals surface area contributed by atoms with E-state index in [-0.39, 0.29) is 11.8 Å². The zero-order valence-corrected chi connectivity index (χ0v) is 17.5. The maximum absolute atomic E-state index is 13.1. The van der Waals surface area contributed by atoms with Crippen molar-refractivity contribution in [3.8, 4) is 0 Å². The Bertz CT molecular complexity index is 1010. The maximum atomic E-state index is 13.1. The first-order valence-electron chi connectivity index (χ1n) is 10.0. The highest BCUT2D eigenvalue weighted by molar-refractivity contribution is 7.98. The topological polar surface area (TPSA) is 49.4 Å². The van der Waals surface area contributed by atoms with Crippen molar-refractivity contribution in [2.45, 2.75) is 24.9 Å². The molecule has 0 aromatic heterocycles. The van der Waals surface area contributed by atoms with E-state index in [4.69, 9.17) is 0 Å². The number of benzene rings is 3. The zero-order chi connectivity index (χ0) is 20.8. The molecular weight excluding hydrogens is 392 g/mol. The Kier molecular flexibility index (Phi) is 6.50. The molecule has 3 aromatic carbocycles. The molecule has 2 amide bonds. The van der Waals surface area contributed by atoms with Crippen LogP contribution in [0.15, 0.2) is 84.9 Å².